The summed E-state index contributed by atoms with van der Waals surface area (Å²) in [5.41, 5.74) is 3.47. The van der Waals surface area contributed by atoms with Gasteiger partial charge in [0.2, 0.25) is 0 Å². The molecule has 1 aliphatic heterocycles. The van der Waals surface area contributed by atoms with Crippen LogP contribution in [-0.4, -0.2) is 16.3 Å². The highest BCUT2D eigenvalue weighted by Crippen LogP contribution is 2.44. The summed E-state index contributed by atoms with van der Waals surface area (Å²) in [7, 11) is 0. The van der Waals surface area contributed by atoms with Gasteiger partial charge in [0.25, 0.3) is 0 Å². The minimum Gasteiger partial charge on any atom is -0.504 e. The third-order valence-corrected chi connectivity index (χ3v) is 4.80. The van der Waals surface area contributed by atoms with Crippen molar-refractivity contribution in [3.8, 4) is 11.5 Å². The first-order valence-corrected chi connectivity index (χ1v) is 7.57. The molecule has 2 aliphatic rings. The van der Waals surface area contributed by atoms with Gasteiger partial charge in [-0.15, -0.1) is 0 Å². The molecule has 21 heavy (non-hydrogen) atoms. The van der Waals surface area contributed by atoms with E-state index in [0.29, 0.717) is 6.04 Å². The highest BCUT2D eigenvalue weighted by atomic mass is 16.3. The van der Waals surface area contributed by atoms with Crippen molar-refractivity contribution in [2.75, 3.05) is 0 Å². The molecule has 4 heteroatoms. The zero-order chi connectivity index (χ0) is 14.6. The molecule has 1 aliphatic carbocycles. The molecule has 2 aromatic rings. The van der Waals surface area contributed by atoms with Gasteiger partial charge in [0.05, 0.1) is 6.54 Å². The highest BCUT2D eigenvalue weighted by Gasteiger charge is 2.37. The number of hydrogen-bond donors (Lipinski definition) is 3. The van der Waals surface area contributed by atoms with Crippen LogP contribution in [0.25, 0.3) is 0 Å². The molecule has 1 aromatic heterocycles. The summed E-state index contributed by atoms with van der Waals surface area (Å²) in [5, 5.41) is 23.1. The minimum absolute atomic E-state index is 0.0300. The number of fused-ring (bicyclic) bond motifs is 5. The van der Waals surface area contributed by atoms with E-state index in [-0.39, 0.29) is 17.4 Å². The zero-order valence-corrected chi connectivity index (χ0v) is 12.0. The average Bonchev–Trinajstić information content (AvgIpc) is 2.91. The Morgan fingerprint density at radius 2 is 2.00 bits per heavy atom. The van der Waals surface area contributed by atoms with Gasteiger partial charge in [-0.2, -0.15) is 0 Å². The van der Waals surface area contributed by atoms with Crippen LogP contribution in [0.15, 0.2) is 22.6 Å². The Kier molecular flexibility index (Phi) is 2.76. The molecule has 0 saturated carbocycles. The first-order chi connectivity index (χ1) is 10.2. The molecule has 110 valence electrons. The van der Waals surface area contributed by atoms with E-state index in [0.717, 1.165) is 48.5 Å². The Hall–Kier alpha value is -1.94. The van der Waals surface area contributed by atoms with Gasteiger partial charge in [-0.05, 0) is 42.2 Å². The maximum atomic E-state index is 9.87. The number of phenols is 2. The largest absolute Gasteiger partial charge is 0.504 e. The molecule has 0 amide bonds. The number of rotatable bonds is 1. The van der Waals surface area contributed by atoms with Crippen molar-refractivity contribution in [2.45, 2.75) is 44.7 Å². The van der Waals surface area contributed by atoms with E-state index in [2.05, 4.69) is 18.3 Å². The summed E-state index contributed by atoms with van der Waals surface area (Å²) < 4.78 is 5.90. The Balaban J connectivity index is 1.88. The number of furan rings is 1. The number of benzene rings is 1. The molecule has 2 heterocycles. The number of phenolic OH excluding ortho intramolecular Hbond substituents is 2. The van der Waals surface area contributed by atoms with E-state index < -0.39 is 0 Å². The van der Waals surface area contributed by atoms with Crippen LogP contribution in [0.3, 0.4) is 0 Å². The third-order valence-electron chi connectivity index (χ3n) is 4.80. The molecule has 0 spiro atoms. The van der Waals surface area contributed by atoms with E-state index in [4.69, 9.17) is 4.42 Å². The lowest BCUT2D eigenvalue weighted by molar-refractivity contribution is 0.347. The lowest BCUT2D eigenvalue weighted by atomic mass is 9.74. The Bertz CT molecular complexity index is 704. The van der Waals surface area contributed by atoms with E-state index >= 15 is 0 Å². The number of hydrogen-bond acceptors (Lipinski definition) is 4. The lowest BCUT2D eigenvalue weighted by Crippen LogP contribution is -2.42. The van der Waals surface area contributed by atoms with Crippen LogP contribution < -0.4 is 5.32 Å². The second-order valence-electron chi connectivity index (χ2n) is 5.99. The van der Waals surface area contributed by atoms with E-state index in [1.807, 2.05) is 0 Å². The van der Waals surface area contributed by atoms with Gasteiger partial charge in [0, 0.05) is 23.9 Å². The fraction of sp³-hybridized carbons (Fsp3) is 0.412. The van der Waals surface area contributed by atoms with Crippen LogP contribution in [0.5, 0.6) is 11.5 Å². The van der Waals surface area contributed by atoms with Crippen LogP contribution in [-0.2, 0) is 19.4 Å². The van der Waals surface area contributed by atoms with Crippen molar-refractivity contribution in [3.05, 3.63) is 46.4 Å². The summed E-state index contributed by atoms with van der Waals surface area (Å²) in [5.74, 6) is 2.15. The summed E-state index contributed by atoms with van der Waals surface area (Å²) in [6.45, 7) is 2.86. The first kappa shape index (κ1) is 12.8. The zero-order valence-electron chi connectivity index (χ0n) is 12.0. The van der Waals surface area contributed by atoms with Crippen molar-refractivity contribution in [1.82, 2.24) is 5.32 Å². The Morgan fingerprint density at radius 1 is 1.19 bits per heavy atom. The fourth-order valence-corrected chi connectivity index (χ4v) is 3.74. The molecular formula is C17H19NO3. The molecule has 0 radical (unpaired) electrons. The molecule has 0 saturated heterocycles. The number of nitrogens with one attached hydrogen (secondary N) is 1. The van der Waals surface area contributed by atoms with Gasteiger partial charge in [-0.3, -0.25) is 0 Å². The standard InChI is InChI=1S/C17H19NO3/c1-2-10-6-12-16(21-10)8-18-13-4-3-9-5-14(19)15(20)7-11(9)17(12)13/h5-7,13,17-20H,2-4,8H2,1H3/t13-,17+/m0/s1. The molecule has 0 bridgehead atoms. The van der Waals surface area contributed by atoms with Gasteiger partial charge >= 0.3 is 0 Å². The summed E-state index contributed by atoms with van der Waals surface area (Å²) in [4.78, 5) is 0. The van der Waals surface area contributed by atoms with Gasteiger partial charge in [-0.1, -0.05) is 6.92 Å². The van der Waals surface area contributed by atoms with Crippen molar-refractivity contribution >= 4 is 0 Å². The van der Waals surface area contributed by atoms with Crippen LogP contribution in [0.4, 0.5) is 0 Å². The lowest BCUT2D eigenvalue weighted by Gasteiger charge is -2.37. The molecule has 4 nitrogen and oxygen atoms in total. The minimum atomic E-state index is -0.0410. The number of aryl methyl sites for hydroxylation is 2. The van der Waals surface area contributed by atoms with Crippen molar-refractivity contribution < 1.29 is 14.6 Å². The highest BCUT2D eigenvalue weighted by molar-refractivity contribution is 5.52. The van der Waals surface area contributed by atoms with Gasteiger partial charge < -0.3 is 19.9 Å². The van der Waals surface area contributed by atoms with Crippen LogP contribution in [0.1, 0.15) is 47.5 Å². The van der Waals surface area contributed by atoms with Crippen LogP contribution in [0.2, 0.25) is 0 Å². The fourth-order valence-electron chi connectivity index (χ4n) is 3.74. The summed E-state index contributed by atoms with van der Waals surface area (Å²) in [6.07, 6.45) is 2.84. The van der Waals surface area contributed by atoms with Crippen molar-refractivity contribution in [3.63, 3.8) is 0 Å². The maximum absolute atomic E-state index is 9.87. The second-order valence-corrected chi connectivity index (χ2v) is 5.99. The van der Waals surface area contributed by atoms with Gasteiger partial charge in [0.1, 0.15) is 11.5 Å². The van der Waals surface area contributed by atoms with E-state index in [1.165, 1.54) is 5.56 Å². The molecular weight excluding hydrogens is 266 g/mol. The predicted octanol–water partition coefficient (Wildman–Crippen LogP) is 2.80. The van der Waals surface area contributed by atoms with Crippen LogP contribution in [0, 0.1) is 0 Å². The van der Waals surface area contributed by atoms with Crippen molar-refractivity contribution in [1.29, 1.82) is 0 Å². The smallest absolute Gasteiger partial charge is 0.157 e. The summed E-state index contributed by atoms with van der Waals surface area (Å²) >= 11 is 0. The monoisotopic (exact) mass is 285 g/mol. The van der Waals surface area contributed by atoms with Gasteiger partial charge in [0.15, 0.2) is 11.5 Å². The topological polar surface area (TPSA) is 65.6 Å². The Labute approximate surface area is 123 Å². The molecule has 2 atom stereocenters. The maximum Gasteiger partial charge on any atom is 0.157 e. The molecule has 0 fully saturated rings. The number of aromatic hydroxyl groups is 2. The normalized spacial score (nSPS) is 23.3. The molecule has 4 rings (SSSR count). The first-order valence-electron chi connectivity index (χ1n) is 7.57. The van der Waals surface area contributed by atoms with Crippen molar-refractivity contribution in [2.24, 2.45) is 0 Å². The third kappa shape index (κ3) is 1.86. The molecule has 1 aromatic carbocycles. The molecule has 0 unspecified atom stereocenters. The predicted molar refractivity (Wildman–Crippen MR) is 78.6 cm³/mol. The van der Waals surface area contributed by atoms with Gasteiger partial charge in [-0.25, -0.2) is 0 Å². The Morgan fingerprint density at radius 3 is 2.81 bits per heavy atom. The second kappa shape index (κ2) is 4.53. The molecule has 3 N–H and O–H groups in total. The summed E-state index contributed by atoms with van der Waals surface area (Å²) in [6, 6.07) is 5.95. The SMILES string of the molecule is CCc1cc2c(o1)CN[C@H]1CCc3cc(O)c(O)cc3[C@H]21. The van der Waals surface area contributed by atoms with E-state index in [1.54, 1.807) is 12.1 Å². The van der Waals surface area contributed by atoms with E-state index in [9.17, 15) is 10.2 Å². The quantitative estimate of drug-likeness (QED) is 0.705. The van der Waals surface area contributed by atoms with Crippen LogP contribution >= 0.6 is 0 Å². The average molecular weight is 285 g/mol.